The second kappa shape index (κ2) is 6.37. The number of amides is 1. The molecule has 0 saturated heterocycles. The number of anilines is 1. The van der Waals surface area contributed by atoms with Crippen LogP contribution in [0.3, 0.4) is 0 Å². The summed E-state index contributed by atoms with van der Waals surface area (Å²) in [4.78, 5) is 12.5. The van der Waals surface area contributed by atoms with E-state index >= 15 is 0 Å². The number of nitrogens with zero attached hydrogens (tertiary/aromatic N) is 3. The van der Waals surface area contributed by atoms with Crippen molar-refractivity contribution in [3.63, 3.8) is 0 Å². The first-order valence-corrected chi connectivity index (χ1v) is 8.65. The number of carbonyl (C=O) groups is 1. The lowest BCUT2D eigenvalue weighted by Gasteiger charge is -2.08. The fraction of sp³-hybridized carbons (Fsp3) is 0.278. The maximum absolute atomic E-state index is 12.5. The summed E-state index contributed by atoms with van der Waals surface area (Å²) in [5.74, 6) is 0.615. The molecule has 1 aliphatic carbocycles. The van der Waals surface area contributed by atoms with Crippen molar-refractivity contribution in [3.8, 4) is 5.69 Å². The molecule has 25 heavy (non-hydrogen) atoms. The van der Waals surface area contributed by atoms with Gasteiger partial charge in [0, 0.05) is 28.9 Å². The number of rotatable bonds is 5. The van der Waals surface area contributed by atoms with Gasteiger partial charge in [-0.3, -0.25) is 9.89 Å². The topological polar surface area (TPSA) is 75.6 Å². The van der Waals surface area contributed by atoms with Gasteiger partial charge in [-0.15, -0.1) is 0 Å². The number of aromatic nitrogens is 4. The molecule has 1 aliphatic rings. The fourth-order valence-corrected chi connectivity index (χ4v) is 2.89. The highest BCUT2D eigenvalue weighted by Gasteiger charge is 2.26. The summed E-state index contributed by atoms with van der Waals surface area (Å²) in [5.41, 5.74) is 2.64. The molecule has 7 heteroatoms. The van der Waals surface area contributed by atoms with Gasteiger partial charge in [-0.05, 0) is 44.0 Å². The highest BCUT2D eigenvalue weighted by molar-refractivity contribution is 6.30. The van der Waals surface area contributed by atoms with E-state index in [1.807, 2.05) is 49.5 Å². The molecule has 0 radical (unpaired) electrons. The number of benzene rings is 1. The Hall–Kier alpha value is -2.60. The summed E-state index contributed by atoms with van der Waals surface area (Å²) in [6.45, 7) is 1.83. The Morgan fingerprint density at radius 3 is 2.96 bits per heavy atom. The molecule has 0 aliphatic heterocycles. The van der Waals surface area contributed by atoms with Crippen molar-refractivity contribution in [1.29, 1.82) is 0 Å². The van der Waals surface area contributed by atoms with Gasteiger partial charge in [-0.2, -0.15) is 10.2 Å². The zero-order chi connectivity index (χ0) is 17.4. The third kappa shape index (κ3) is 3.44. The van der Waals surface area contributed by atoms with Gasteiger partial charge in [-0.25, -0.2) is 4.68 Å². The van der Waals surface area contributed by atoms with Crippen LogP contribution in [0.25, 0.3) is 5.69 Å². The van der Waals surface area contributed by atoms with Gasteiger partial charge in [0.05, 0.1) is 17.3 Å². The first-order chi connectivity index (χ1) is 12.1. The smallest absolute Gasteiger partial charge is 0.234 e. The number of nitrogens with one attached hydrogen (secondary N) is 2. The van der Waals surface area contributed by atoms with E-state index in [2.05, 4.69) is 20.6 Å². The summed E-state index contributed by atoms with van der Waals surface area (Å²) in [5, 5.41) is 15.1. The molecular formula is C18H18ClN5O. The highest BCUT2D eigenvalue weighted by Crippen LogP contribution is 2.39. The van der Waals surface area contributed by atoms with Gasteiger partial charge >= 0.3 is 0 Å². The monoisotopic (exact) mass is 355 g/mol. The number of halogens is 1. The van der Waals surface area contributed by atoms with Crippen molar-refractivity contribution in [2.24, 2.45) is 0 Å². The van der Waals surface area contributed by atoms with E-state index in [1.165, 1.54) is 12.8 Å². The molecule has 2 heterocycles. The molecule has 1 amide bonds. The predicted molar refractivity (Wildman–Crippen MR) is 96.2 cm³/mol. The lowest BCUT2D eigenvalue weighted by Crippen LogP contribution is -2.19. The number of carbonyl (C=O) groups excluding carboxylic acids is 1. The van der Waals surface area contributed by atoms with Crippen LogP contribution < -0.4 is 5.32 Å². The van der Waals surface area contributed by atoms with Gasteiger partial charge in [0.15, 0.2) is 5.82 Å². The summed E-state index contributed by atoms with van der Waals surface area (Å²) in [6.07, 6.45) is 4.20. The van der Waals surface area contributed by atoms with E-state index in [0.717, 1.165) is 11.4 Å². The first-order valence-electron chi connectivity index (χ1n) is 8.28. The molecule has 0 bridgehead atoms. The second-order valence-corrected chi connectivity index (χ2v) is 6.80. The van der Waals surface area contributed by atoms with Gasteiger partial charge in [-0.1, -0.05) is 17.7 Å². The Morgan fingerprint density at radius 1 is 1.36 bits per heavy atom. The van der Waals surface area contributed by atoms with Gasteiger partial charge in [0.1, 0.15) is 0 Å². The molecule has 0 spiro atoms. The maximum atomic E-state index is 12.5. The van der Waals surface area contributed by atoms with Crippen molar-refractivity contribution >= 4 is 23.3 Å². The Labute approximate surface area is 150 Å². The van der Waals surface area contributed by atoms with Crippen LogP contribution in [-0.2, 0) is 4.79 Å². The minimum atomic E-state index is -0.387. The van der Waals surface area contributed by atoms with Crippen molar-refractivity contribution < 1.29 is 4.79 Å². The molecule has 3 aromatic rings. The minimum Gasteiger partial charge on any atom is -0.309 e. The van der Waals surface area contributed by atoms with Crippen molar-refractivity contribution in [1.82, 2.24) is 20.0 Å². The summed E-state index contributed by atoms with van der Waals surface area (Å²) in [7, 11) is 0. The van der Waals surface area contributed by atoms with Crippen LogP contribution in [-0.4, -0.2) is 25.9 Å². The molecular weight excluding hydrogens is 338 g/mol. The zero-order valence-electron chi connectivity index (χ0n) is 13.7. The predicted octanol–water partition coefficient (Wildman–Crippen LogP) is 3.87. The van der Waals surface area contributed by atoms with Crippen LogP contribution in [0.15, 0.2) is 42.6 Å². The average molecular weight is 356 g/mol. The van der Waals surface area contributed by atoms with E-state index in [-0.39, 0.29) is 11.8 Å². The number of hydrogen-bond acceptors (Lipinski definition) is 3. The third-order valence-corrected chi connectivity index (χ3v) is 4.62. The summed E-state index contributed by atoms with van der Waals surface area (Å²) < 4.78 is 1.71. The standard InChI is InChI=1S/C18H18ClN5O/c1-11(18(25)20-17-10-16(21-22-17)12-5-6-12)15-7-8-24(23-15)14-4-2-3-13(19)9-14/h2-4,7-12H,5-6H2,1H3,(H2,20,21,22,25). The molecule has 2 N–H and O–H groups in total. The molecule has 1 unspecified atom stereocenters. The van der Waals surface area contributed by atoms with Crippen molar-refractivity contribution in [3.05, 3.63) is 59.0 Å². The second-order valence-electron chi connectivity index (χ2n) is 6.36. The van der Waals surface area contributed by atoms with Crippen molar-refractivity contribution in [2.75, 3.05) is 5.32 Å². The van der Waals surface area contributed by atoms with Crippen LogP contribution >= 0.6 is 11.6 Å². The van der Waals surface area contributed by atoms with Crippen LogP contribution in [0.2, 0.25) is 5.02 Å². The quantitative estimate of drug-likeness (QED) is 0.729. The Kier molecular flexibility index (Phi) is 4.05. The summed E-state index contributed by atoms with van der Waals surface area (Å²) in [6, 6.07) is 11.2. The van der Waals surface area contributed by atoms with Crippen LogP contribution in [0.1, 0.15) is 43.0 Å². The van der Waals surface area contributed by atoms with Gasteiger partial charge < -0.3 is 5.32 Å². The Balaban J connectivity index is 1.46. The number of aromatic amines is 1. The Morgan fingerprint density at radius 2 is 2.20 bits per heavy atom. The van der Waals surface area contributed by atoms with E-state index in [9.17, 15) is 4.79 Å². The molecule has 128 valence electrons. The van der Waals surface area contributed by atoms with Crippen LogP contribution in [0.5, 0.6) is 0 Å². The van der Waals surface area contributed by atoms with Crippen LogP contribution in [0, 0.1) is 0 Å². The molecule has 6 nitrogen and oxygen atoms in total. The van der Waals surface area contributed by atoms with Gasteiger partial charge in [0.2, 0.25) is 5.91 Å². The third-order valence-electron chi connectivity index (χ3n) is 4.39. The van der Waals surface area contributed by atoms with E-state index in [4.69, 9.17) is 11.6 Å². The molecule has 2 aromatic heterocycles. The lowest BCUT2D eigenvalue weighted by atomic mass is 10.1. The maximum Gasteiger partial charge on any atom is 0.234 e. The summed E-state index contributed by atoms with van der Waals surface area (Å²) >= 11 is 6.02. The number of H-pyrrole nitrogens is 1. The van der Waals surface area contributed by atoms with E-state index < -0.39 is 0 Å². The lowest BCUT2D eigenvalue weighted by molar-refractivity contribution is -0.117. The van der Waals surface area contributed by atoms with E-state index in [1.54, 1.807) is 4.68 Å². The Bertz CT molecular complexity index is 912. The van der Waals surface area contributed by atoms with E-state index in [0.29, 0.717) is 22.5 Å². The molecule has 1 fully saturated rings. The zero-order valence-corrected chi connectivity index (χ0v) is 14.5. The molecule has 1 atom stereocenters. The SMILES string of the molecule is CC(C(=O)Nc1cc(C2CC2)[nH]n1)c1ccn(-c2cccc(Cl)c2)n1. The minimum absolute atomic E-state index is 0.134. The average Bonchev–Trinajstić information content (AvgIpc) is 3.15. The normalized spacial score (nSPS) is 15.1. The highest BCUT2D eigenvalue weighted by atomic mass is 35.5. The van der Waals surface area contributed by atoms with Gasteiger partial charge in [0.25, 0.3) is 0 Å². The first kappa shape index (κ1) is 15.9. The van der Waals surface area contributed by atoms with Crippen molar-refractivity contribution in [2.45, 2.75) is 31.6 Å². The largest absolute Gasteiger partial charge is 0.309 e. The fourth-order valence-electron chi connectivity index (χ4n) is 2.70. The number of hydrogen-bond donors (Lipinski definition) is 2. The van der Waals surface area contributed by atoms with Crippen LogP contribution in [0.4, 0.5) is 5.82 Å². The molecule has 4 rings (SSSR count). The molecule has 1 aromatic carbocycles. The molecule has 1 saturated carbocycles.